The summed E-state index contributed by atoms with van der Waals surface area (Å²) >= 11 is 0. The van der Waals surface area contributed by atoms with Crippen molar-refractivity contribution in [1.29, 1.82) is 0 Å². The summed E-state index contributed by atoms with van der Waals surface area (Å²) in [6.07, 6.45) is 7.29. The molecule has 0 spiro atoms. The minimum Gasteiger partial charge on any atom is -0.352 e. The predicted molar refractivity (Wildman–Crippen MR) is 70.7 cm³/mol. The molecular formula is C13H21N3O2. The van der Waals surface area contributed by atoms with Crippen molar-refractivity contribution in [3.63, 3.8) is 0 Å². The number of amides is 2. The monoisotopic (exact) mass is 251 g/mol. The van der Waals surface area contributed by atoms with Crippen LogP contribution < -0.4 is 16.4 Å². The van der Waals surface area contributed by atoms with Gasteiger partial charge in [0.25, 0.3) is 0 Å². The molecule has 0 saturated carbocycles. The van der Waals surface area contributed by atoms with E-state index in [0.29, 0.717) is 13.0 Å². The van der Waals surface area contributed by atoms with E-state index in [2.05, 4.69) is 10.6 Å². The quantitative estimate of drug-likeness (QED) is 0.577. The van der Waals surface area contributed by atoms with Gasteiger partial charge in [-0.15, -0.1) is 0 Å². The third-order valence-electron chi connectivity index (χ3n) is 2.74. The molecule has 18 heavy (non-hydrogen) atoms. The summed E-state index contributed by atoms with van der Waals surface area (Å²) in [7, 11) is 0. The van der Waals surface area contributed by atoms with Crippen molar-refractivity contribution in [1.82, 2.24) is 10.6 Å². The van der Waals surface area contributed by atoms with Gasteiger partial charge in [-0.2, -0.15) is 0 Å². The maximum atomic E-state index is 11.8. The van der Waals surface area contributed by atoms with Gasteiger partial charge >= 0.3 is 0 Å². The Morgan fingerprint density at radius 2 is 2.06 bits per heavy atom. The van der Waals surface area contributed by atoms with Crippen molar-refractivity contribution in [3.8, 4) is 0 Å². The first-order valence-corrected chi connectivity index (χ1v) is 6.19. The lowest BCUT2D eigenvalue weighted by atomic mass is 10.0. The molecule has 2 amide bonds. The molecule has 5 nitrogen and oxygen atoms in total. The minimum absolute atomic E-state index is 0.145. The number of nitrogens with one attached hydrogen (secondary N) is 2. The van der Waals surface area contributed by atoms with E-state index in [1.165, 1.54) is 6.08 Å². The Hall–Kier alpha value is -1.62. The summed E-state index contributed by atoms with van der Waals surface area (Å²) < 4.78 is 0. The zero-order valence-electron chi connectivity index (χ0n) is 10.8. The van der Waals surface area contributed by atoms with Gasteiger partial charge in [0, 0.05) is 18.7 Å². The predicted octanol–water partition coefficient (Wildman–Crippen LogP) is 0.0868. The molecule has 0 aromatic carbocycles. The van der Waals surface area contributed by atoms with Crippen LogP contribution in [0.25, 0.3) is 0 Å². The second kappa shape index (κ2) is 6.96. The second-order valence-corrected chi connectivity index (χ2v) is 4.67. The fraction of sp³-hybridized carbons (Fsp3) is 0.538. The fourth-order valence-electron chi connectivity index (χ4n) is 1.56. The number of carbonyl (C=O) groups is 2. The van der Waals surface area contributed by atoms with Crippen molar-refractivity contribution in [2.45, 2.75) is 32.4 Å². The first-order valence-electron chi connectivity index (χ1n) is 6.19. The van der Waals surface area contributed by atoms with Crippen LogP contribution in [0.1, 0.15) is 20.3 Å². The molecule has 0 saturated heterocycles. The Balaban J connectivity index is 2.82. The maximum absolute atomic E-state index is 11.8. The van der Waals surface area contributed by atoms with Gasteiger partial charge in [0.2, 0.25) is 11.8 Å². The number of carbonyl (C=O) groups excluding carboxylic acids is 2. The summed E-state index contributed by atoms with van der Waals surface area (Å²) in [5, 5.41) is 5.58. The maximum Gasteiger partial charge on any atom is 0.243 e. The van der Waals surface area contributed by atoms with Crippen molar-refractivity contribution >= 4 is 11.8 Å². The van der Waals surface area contributed by atoms with Crippen LogP contribution in [0.15, 0.2) is 24.3 Å². The molecule has 4 N–H and O–H groups in total. The highest BCUT2D eigenvalue weighted by Crippen LogP contribution is 2.04. The van der Waals surface area contributed by atoms with Crippen LogP contribution in [0.2, 0.25) is 0 Å². The number of nitrogens with two attached hydrogens (primary N) is 1. The van der Waals surface area contributed by atoms with Crippen LogP contribution in [0.4, 0.5) is 0 Å². The van der Waals surface area contributed by atoms with Crippen molar-refractivity contribution in [2.75, 3.05) is 6.54 Å². The topological polar surface area (TPSA) is 84.2 Å². The lowest BCUT2D eigenvalue weighted by Gasteiger charge is -2.20. The largest absolute Gasteiger partial charge is 0.352 e. The van der Waals surface area contributed by atoms with E-state index in [1.54, 1.807) is 18.2 Å². The smallest absolute Gasteiger partial charge is 0.243 e. The summed E-state index contributed by atoms with van der Waals surface area (Å²) in [6.45, 7) is 4.49. The first kappa shape index (κ1) is 14.4. The van der Waals surface area contributed by atoms with E-state index in [1.807, 2.05) is 13.8 Å². The molecule has 0 bridgehead atoms. The molecule has 0 aromatic heterocycles. The Morgan fingerprint density at radius 3 is 2.72 bits per heavy atom. The van der Waals surface area contributed by atoms with E-state index >= 15 is 0 Å². The zero-order chi connectivity index (χ0) is 13.5. The molecular weight excluding hydrogens is 230 g/mol. The van der Waals surface area contributed by atoms with Crippen LogP contribution in [0.3, 0.4) is 0 Å². The molecule has 1 aliphatic rings. The van der Waals surface area contributed by atoms with Gasteiger partial charge in [0.15, 0.2) is 0 Å². The average molecular weight is 251 g/mol. The highest BCUT2D eigenvalue weighted by Gasteiger charge is 2.17. The first-order chi connectivity index (χ1) is 8.50. The van der Waals surface area contributed by atoms with Crippen LogP contribution in [-0.2, 0) is 9.59 Å². The second-order valence-electron chi connectivity index (χ2n) is 4.67. The summed E-state index contributed by atoms with van der Waals surface area (Å²) in [5.41, 5.74) is 5.74. The number of rotatable bonds is 1. The van der Waals surface area contributed by atoms with Gasteiger partial charge in [-0.25, -0.2) is 0 Å². The lowest BCUT2D eigenvalue weighted by Crippen LogP contribution is -2.46. The van der Waals surface area contributed by atoms with Gasteiger partial charge in [0.1, 0.15) is 6.04 Å². The Labute approximate surface area is 107 Å². The molecule has 5 heteroatoms. The highest BCUT2D eigenvalue weighted by molar-refractivity contribution is 5.88. The number of hydrogen-bond acceptors (Lipinski definition) is 3. The van der Waals surface area contributed by atoms with E-state index in [0.717, 1.165) is 0 Å². The van der Waals surface area contributed by atoms with Gasteiger partial charge in [-0.05, 0) is 12.3 Å². The Bertz CT molecular complexity index is 361. The molecule has 2 atom stereocenters. The van der Waals surface area contributed by atoms with E-state index < -0.39 is 6.04 Å². The highest BCUT2D eigenvalue weighted by atomic mass is 16.2. The van der Waals surface area contributed by atoms with E-state index in [-0.39, 0.29) is 23.8 Å². The average Bonchev–Trinajstić information content (AvgIpc) is 2.31. The molecule has 0 radical (unpaired) electrons. The summed E-state index contributed by atoms with van der Waals surface area (Å²) in [4.78, 5) is 23.3. The summed E-state index contributed by atoms with van der Waals surface area (Å²) in [5.74, 6) is -0.180. The molecule has 1 heterocycles. The third kappa shape index (κ3) is 4.71. The van der Waals surface area contributed by atoms with Crippen LogP contribution in [0, 0.1) is 5.92 Å². The normalized spacial score (nSPS) is 29.8. The Kier molecular flexibility index (Phi) is 5.58. The van der Waals surface area contributed by atoms with Crippen molar-refractivity contribution in [3.05, 3.63) is 24.3 Å². The third-order valence-corrected chi connectivity index (χ3v) is 2.74. The van der Waals surface area contributed by atoms with Crippen LogP contribution in [-0.4, -0.2) is 30.4 Å². The van der Waals surface area contributed by atoms with Crippen LogP contribution in [0.5, 0.6) is 0 Å². The van der Waals surface area contributed by atoms with Crippen molar-refractivity contribution < 1.29 is 9.59 Å². The van der Waals surface area contributed by atoms with Crippen LogP contribution >= 0.6 is 0 Å². The zero-order valence-corrected chi connectivity index (χ0v) is 10.8. The van der Waals surface area contributed by atoms with Gasteiger partial charge < -0.3 is 16.4 Å². The van der Waals surface area contributed by atoms with Gasteiger partial charge in [-0.3, -0.25) is 9.59 Å². The number of hydrogen-bond donors (Lipinski definition) is 3. The van der Waals surface area contributed by atoms with Gasteiger partial charge in [-0.1, -0.05) is 32.1 Å². The van der Waals surface area contributed by atoms with E-state index in [9.17, 15) is 9.59 Å². The molecule has 0 unspecified atom stereocenters. The molecule has 0 aromatic rings. The fourth-order valence-corrected chi connectivity index (χ4v) is 1.56. The molecule has 1 aliphatic heterocycles. The molecule has 0 aliphatic carbocycles. The molecule has 0 fully saturated rings. The minimum atomic E-state index is -0.644. The van der Waals surface area contributed by atoms with Crippen molar-refractivity contribution in [2.24, 2.45) is 11.7 Å². The lowest BCUT2D eigenvalue weighted by molar-refractivity contribution is -0.122. The Morgan fingerprint density at radius 1 is 1.33 bits per heavy atom. The SMILES string of the molecule is CC(C)[C@H]1/C=C/C(=O)NCC/C=C/[C@H](N)C(=O)N1. The molecule has 1 rings (SSSR count). The summed E-state index contributed by atoms with van der Waals surface area (Å²) in [6, 6.07) is -0.836. The molecule has 100 valence electrons. The standard InChI is InChI=1S/C13H21N3O2/c1-9(2)11-6-7-12(17)15-8-4-3-5-10(14)13(18)16-11/h3,5-7,9-11H,4,8,14H2,1-2H3,(H,15,17)(H,16,18)/b5-3+,7-6+/t10-,11+/m0/s1. The van der Waals surface area contributed by atoms with E-state index in [4.69, 9.17) is 5.73 Å². The van der Waals surface area contributed by atoms with Gasteiger partial charge in [0.05, 0.1) is 0 Å².